The summed E-state index contributed by atoms with van der Waals surface area (Å²) >= 11 is 0. The predicted molar refractivity (Wildman–Crippen MR) is 127 cm³/mol. The van der Waals surface area contributed by atoms with Crippen LogP contribution in [0, 0.1) is 12.5 Å². The van der Waals surface area contributed by atoms with E-state index in [2.05, 4.69) is 38.7 Å². The molecule has 3 atom stereocenters. The number of ether oxygens (including phenoxy) is 1. The lowest BCUT2D eigenvalue weighted by Gasteiger charge is -2.39. The summed E-state index contributed by atoms with van der Waals surface area (Å²) in [6, 6.07) is 3.09. The molecule has 0 aliphatic carbocycles. The monoisotopic (exact) mass is 508 g/mol. The minimum Gasteiger partial charge on any atom is -0.494 e. The van der Waals surface area contributed by atoms with Crippen LogP contribution in [0.15, 0.2) is 18.2 Å². The predicted octanol–water partition coefficient (Wildman–Crippen LogP) is 6.96. The van der Waals surface area contributed by atoms with Gasteiger partial charge in [-0.05, 0) is 50.5 Å². The Balaban J connectivity index is 1.79. The van der Waals surface area contributed by atoms with E-state index < -0.39 is 36.9 Å². The molecule has 1 fully saturated rings. The van der Waals surface area contributed by atoms with Crippen molar-refractivity contribution in [2.75, 3.05) is 6.61 Å². The lowest BCUT2D eigenvalue weighted by molar-refractivity contribution is -0.136. The number of nitrogens with zero attached hydrogens (tertiary/aromatic N) is 2. The molecule has 2 aromatic rings. The Bertz CT molecular complexity index is 1240. The molecule has 35 heavy (non-hydrogen) atoms. The van der Waals surface area contributed by atoms with Gasteiger partial charge in [0.25, 0.3) is 0 Å². The Labute approximate surface area is 204 Å². The molecular formula is C25H31F3N2O4Si. The molecule has 6 nitrogen and oxygen atoms in total. The fraction of sp³-hybridized carbons (Fsp3) is 0.560. The van der Waals surface area contributed by atoms with Crippen LogP contribution in [0.5, 0.6) is 11.8 Å². The Kier molecular flexibility index (Phi) is 5.49. The van der Waals surface area contributed by atoms with Gasteiger partial charge in [0.15, 0.2) is 14.0 Å². The van der Waals surface area contributed by atoms with Gasteiger partial charge in [-0.15, -0.1) is 0 Å². The number of aromatic hydroxyl groups is 2. The number of benzene rings is 1. The van der Waals surface area contributed by atoms with Crippen LogP contribution in [0.1, 0.15) is 57.7 Å². The van der Waals surface area contributed by atoms with E-state index in [-0.39, 0.29) is 28.4 Å². The number of hydrogen-bond donors (Lipinski definition) is 2. The minimum atomic E-state index is -4.76. The van der Waals surface area contributed by atoms with E-state index in [9.17, 15) is 23.4 Å². The van der Waals surface area contributed by atoms with Gasteiger partial charge in [0.1, 0.15) is 5.60 Å². The highest BCUT2D eigenvalue weighted by molar-refractivity contribution is 6.74. The van der Waals surface area contributed by atoms with Crippen molar-refractivity contribution in [2.24, 2.45) is 5.92 Å². The highest BCUT2D eigenvalue weighted by Crippen LogP contribution is 2.66. The van der Waals surface area contributed by atoms with Crippen LogP contribution in [-0.4, -0.2) is 29.7 Å². The molecule has 1 saturated heterocycles. The molecular weight excluding hydrogens is 477 g/mol. The highest BCUT2D eigenvalue weighted by atomic mass is 28.4. The first kappa shape index (κ1) is 25.6. The van der Waals surface area contributed by atoms with Crippen molar-refractivity contribution in [1.29, 1.82) is 0 Å². The summed E-state index contributed by atoms with van der Waals surface area (Å²) in [5.74, 6) is -0.855. The maximum atomic E-state index is 13.6. The Morgan fingerprint density at radius 1 is 1.17 bits per heavy atom. The maximum Gasteiger partial charge on any atom is 0.407 e. The molecule has 10 heteroatoms. The van der Waals surface area contributed by atoms with Crippen LogP contribution < -0.4 is 0 Å². The Morgan fingerprint density at radius 2 is 1.77 bits per heavy atom. The van der Waals surface area contributed by atoms with Crippen LogP contribution >= 0.6 is 0 Å². The Hall–Kier alpha value is -2.48. The van der Waals surface area contributed by atoms with Gasteiger partial charge in [-0.25, -0.2) is 4.85 Å². The zero-order valence-electron chi connectivity index (χ0n) is 21.0. The smallest absolute Gasteiger partial charge is 0.407 e. The van der Waals surface area contributed by atoms with Crippen molar-refractivity contribution >= 4 is 14.0 Å². The standard InChI is InChI=1S/C25H31F3N2O4Si/c1-22(2,3)35(7,8)33-13-14-12-23(4)18-19(24(14,5)34-23)21(32)30(20(18)31)15-9-10-17(29-6)16(11-15)25(26,27)28/h9-11,14,31-32H,12-13H2,1-5,7-8H3/t14-,23?,24?/m0/s1. The largest absolute Gasteiger partial charge is 0.494 e. The number of halogens is 3. The molecule has 0 spiro atoms. The third-order valence-corrected chi connectivity index (χ3v) is 12.6. The Morgan fingerprint density at radius 3 is 2.31 bits per heavy atom. The van der Waals surface area contributed by atoms with Crippen molar-refractivity contribution in [3.8, 4) is 17.4 Å². The molecule has 2 bridgehead atoms. The molecule has 4 rings (SSSR count). The van der Waals surface area contributed by atoms with Crippen LogP contribution in [0.25, 0.3) is 10.5 Å². The lowest BCUT2D eigenvalue weighted by atomic mass is 9.73. The molecule has 190 valence electrons. The summed E-state index contributed by atoms with van der Waals surface area (Å²) in [4.78, 5) is 2.96. The van der Waals surface area contributed by atoms with E-state index in [1.54, 1.807) is 0 Å². The van der Waals surface area contributed by atoms with Gasteiger partial charge in [-0.2, -0.15) is 13.2 Å². The molecule has 3 heterocycles. The molecule has 0 saturated carbocycles. The molecule has 2 unspecified atom stereocenters. The summed E-state index contributed by atoms with van der Waals surface area (Å²) in [5.41, 5.74) is -2.93. The van der Waals surface area contributed by atoms with Crippen molar-refractivity contribution in [2.45, 2.75) is 76.6 Å². The molecule has 1 aromatic heterocycles. The average molecular weight is 509 g/mol. The second kappa shape index (κ2) is 7.51. The highest BCUT2D eigenvalue weighted by Gasteiger charge is 2.64. The maximum absolute atomic E-state index is 13.6. The second-order valence-electron chi connectivity index (χ2n) is 11.5. The summed E-state index contributed by atoms with van der Waals surface area (Å²) in [5, 5.41) is 22.4. The van der Waals surface area contributed by atoms with Gasteiger partial charge in [0.05, 0.1) is 34.6 Å². The van der Waals surface area contributed by atoms with Gasteiger partial charge in [0, 0.05) is 12.5 Å². The van der Waals surface area contributed by atoms with Crippen molar-refractivity contribution < 1.29 is 32.5 Å². The van der Waals surface area contributed by atoms with Crippen LogP contribution in [0.3, 0.4) is 0 Å². The van der Waals surface area contributed by atoms with Crippen LogP contribution in [-0.2, 0) is 26.5 Å². The summed E-state index contributed by atoms with van der Waals surface area (Å²) < 4.78 is 54.5. The average Bonchev–Trinajstić information content (AvgIpc) is 3.25. The van der Waals surface area contributed by atoms with Gasteiger partial charge in [0.2, 0.25) is 11.8 Å². The SMILES string of the molecule is [C-]#[N+]c1ccc(-n2c(O)c3c(c2O)C2(C)OC3(C)C[C@H]2CO[Si](C)(C)C(C)(C)C)cc1C(F)(F)F. The summed E-state index contributed by atoms with van der Waals surface area (Å²) in [6.45, 7) is 21.9. The number of rotatable bonds is 4. The molecule has 2 aliphatic heterocycles. The van der Waals surface area contributed by atoms with E-state index in [1.165, 1.54) is 6.07 Å². The first-order valence-electron chi connectivity index (χ1n) is 11.5. The second-order valence-corrected chi connectivity index (χ2v) is 16.3. The number of hydrogen-bond acceptors (Lipinski definition) is 4. The lowest BCUT2D eigenvalue weighted by Crippen LogP contribution is -2.44. The molecule has 2 aliphatic rings. The minimum absolute atomic E-state index is 0.0128. The fourth-order valence-corrected chi connectivity index (χ4v) is 6.21. The van der Waals surface area contributed by atoms with Crippen molar-refractivity contribution in [3.63, 3.8) is 0 Å². The molecule has 1 aromatic carbocycles. The summed E-state index contributed by atoms with van der Waals surface area (Å²) in [7, 11) is -2.06. The van der Waals surface area contributed by atoms with Crippen LogP contribution in [0.4, 0.5) is 18.9 Å². The van der Waals surface area contributed by atoms with Crippen molar-refractivity contribution in [1.82, 2.24) is 4.57 Å². The number of alkyl halides is 3. The van der Waals surface area contributed by atoms with E-state index in [0.29, 0.717) is 24.2 Å². The fourth-order valence-electron chi connectivity index (χ4n) is 5.16. The van der Waals surface area contributed by atoms with E-state index in [4.69, 9.17) is 15.7 Å². The number of aromatic nitrogens is 1. The molecule has 0 radical (unpaired) electrons. The normalized spacial score (nSPS) is 26.1. The van der Waals surface area contributed by atoms with E-state index in [1.807, 2.05) is 13.8 Å². The quantitative estimate of drug-likeness (QED) is 0.346. The zero-order valence-corrected chi connectivity index (χ0v) is 22.0. The van der Waals surface area contributed by atoms with Gasteiger partial charge < -0.3 is 19.4 Å². The first-order chi connectivity index (χ1) is 15.9. The van der Waals surface area contributed by atoms with Crippen molar-refractivity contribution in [3.05, 3.63) is 46.3 Å². The van der Waals surface area contributed by atoms with Gasteiger partial charge in [-0.3, -0.25) is 4.57 Å². The third kappa shape index (κ3) is 3.67. The van der Waals surface area contributed by atoms with Crippen LogP contribution in [0.2, 0.25) is 18.1 Å². The molecule has 0 amide bonds. The zero-order chi connectivity index (χ0) is 26.4. The summed E-state index contributed by atoms with van der Waals surface area (Å²) in [6.07, 6.45) is -4.23. The van der Waals surface area contributed by atoms with Gasteiger partial charge >= 0.3 is 6.18 Å². The third-order valence-electron chi connectivity index (χ3n) is 8.11. The van der Waals surface area contributed by atoms with E-state index in [0.717, 1.165) is 16.7 Å². The van der Waals surface area contributed by atoms with E-state index >= 15 is 0 Å². The number of fused-ring (bicyclic) bond motifs is 5. The van der Waals surface area contributed by atoms with Gasteiger partial charge in [-0.1, -0.05) is 26.8 Å². The topological polar surface area (TPSA) is 68.2 Å². The molecule has 2 N–H and O–H groups in total. The first-order valence-corrected chi connectivity index (χ1v) is 14.4.